The predicted molar refractivity (Wildman–Crippen MR) is 103 cm³/mol. The molecule has 0 saturated carbocycles. The summed E-state index contributed by atoms with van der Waals surface area (Å²) in [5, 5.41) is 20.5. The van der Waals surface area contributed by atoms with E-state index >= 15 is 0 Å². The van der Waals surface area contributed by atoms with Crippen LogP contribution in [-0.2, 0) is 12.4 Å². The second-order valence-corrected chi connectivity index (χ2v) is 6.93. The van der Waals surface area contributed by atoms with Crippen LogP contribution in [0.1, 0.15) is 11.1 Å². The smallest absolute Gasteiger partial charge is 0.416 e. The number of imidazole rings is 1. The van der Waals surface area contributed by atoms with E-state index < -0.39 is 40.7 Å². The number of hydrogen-bond donors (Lipinski definition) is 3. The number of phenols is 2. The molecule has 166 valence electrons. The molecule has 0 amide bonds. The first kappa shape index (κ1) is 21.3. The van der Waals surface area contributed by atoms with E-state index in [1.54, 1.807) is 0 Å². The molecule has 0 saturated heterocycles. The molecule has 1 heterocycles. The van der Waals surface area contributed by atoms with Gasteiger partial charge in [0.15, 0.2) is 0 Å². The first-order valence-electron chi connectivity index (χ1n) is 8.92. The Balaban J connectivity index is 1.92. The van der Waals surface area contributed by atoms with E-state index in [9.17, 15) is 41.4 Å². The quantitative estimate of drug-likeness (QED) is 0.353. The molecule has 0 unspecified atom stereocenters. The van der Waals surface area contributed by atoms with Crippen molar-refractivity contribution in [3.8, 4) is 28.3 Å². The van der Waals surface area contributed by atoms with Gasteiger partial charge in [-0.3, -0.25) is 4.57 Å². The van der Waals surface area contributed by atoms with Gasteiger partial charge in [0.05, 0.1) is 27.8 Å². The molecule has 1 aromatic heterocycles. The minimum Gasteiger partial charge on any atom is -0.507 e. The molecule has 11 heteroatoms. The van der Waals surface area contributed by atoms with Gasteiger partial charge in [0.2, 0.25) is 0 Å². The van der Waals surface area contributed by atoms with Crippen molar-refractivity contribution in [2.75, 3.05) is 0 Å². The van der Waals surface area contributed by atoms with Crippen molar-refractivity contribution in [1.82, 2.24) is 9.55 Å². The second-order valence-electron chi connectivity index (χ2n) is 6.93. The van der Waals surface area contributed by atoms with Crippen LogP contribution in [0.2, 0.25) is 0 Å². The fourth-order valence-corrected chi connectivity index (χ4v) is 3.37. The summed E-state index contributed by atoms with van der Waals surface area (Å²) in [5.74, 6) is -1.17. The average Bonchev–Trinajstić information content (AvgIpc) is 3.02. The van der Waals surface area contributed by atoms with Crippen molar-refractivity contribution < 1.29 is 36.6 Å². The zero-order valence-electron chi connectivity index (χ0n) is 15.7. The van der Waals surface area contributed by atoms with E-state index in [1.807, 2.05) is 0 Å². The Morgan fingerprint density at radius 2 is 1.44 bits per heavy atom. The Morgan fingerprint density at radius 1 is 0.781 bits per heavy atom. The molecule has 3 aromatic carbocycles. The maximum absolute atomic E-state index is 13.1. The van der Waals surface area contributed by atoms with Crippen LogP contribution in [-0.4, -0.2) is 19.8 Å². The maximum Gasteiger partial charge on any atom is 0.416 e. The molecule has 3 N–H and O–H groups in total. The summed E-state index contributed by atoms with van der Waals surface area (Å²) >= 11 is 0. The fourth-order valence-electron chi connectivity index (χ4n) is 3.37. The molecule has 0 radical (unpaired) electrons. The van der Waals surface area contributed by atoms with Crippen LogP contribution in [0.25, 0.3) is 27.8 Å². The molecule has 4 rings (SSSR count). The van der Waals surface area contributed by atoms with Gasteiger partial charge >= 0.3 is 18.0 Å². The Labute approximate surface area is 174 Å². The van der Waals surface area contributed by atoms with Gasteiger partial charge < -0.3 is 15.2 Å². The molecule has 5 nitrogen and oxygen atoms in total. The third-order valence-electron chi connectivity index (χ3n) is 4.84. The number of hydrogen-bond acceptors (Lipinski definition) is 3. The van der Waals surface area contributed by atoms with Crippen LogP contribution in [0.3, 0.4) is 0 Å². The van der Waals surface area contributed by atoms with Crippen molar-refractivity contribution in [2.24, 2.45) is 0 Å². The van der Waals surface area contributed by atoms with Gasteiger partial charge in [0.25, 0.3) is 0 Å². The van der Waals surface area contributed by atoms with Gasteiger partial charge in [0, 0.05) is 11.6 Å². The minimum atomic E-state index is -4.65. The molecule has 0 aliphatic rings. The maximum atomic E-state index is 13.1. The predicted octanol–water partition coefficient (Wildman–Crippen LogP) is 5.43. The first-order valence-corrected chi connectivity index (χ1v) is 8.92. The number of aromatic nitrogens is 2. The highest BCUT2D eigenvalue weighted by Crippen LogP contribution is 2.39. The molecule has 0 fully saturated rings. The number of nitrogens with one attached hydrogen (secondary N) is 1. The number of phenolic OH excluding ortho intramolecular Hbond substituents is 2. The Kier molecular flexibility index (Phi) is 4.72. The third kappa shape index (κ3) is 3.66. The summed E-state index contributed by atoms with van der Waals surface area (Å²) < 4.78 is 78.9. The first-order chi connectivity index (χ1) is 14.9. The van der Waals surface area contributed by atoms with Gasteiger partial charge in [-0.25, -0.2) is 4.79 Å². The number of aromatic amines is 1. The highest BCUT2D eigenvalue weighted by atomic mass is 19.4. The Morgan fingerprint density at radius 3 is 2.09 bits per heavy atom. The minimum absolute atomic E-state index is 0.0148. The molecule has 0 aliphatic carbocycles. The summed E-state index contributed by atoms with van der Waals surface area (Å²) in [5.41, 5.74) is -3.48. The van der Waals surface area contributed by atoms with E-state index in [0.717, 1.165) is 53.1 Å². The normalized spacial score (nSPS) is 12.4. The Hall–Kier alpha value is -3.89. The number of rotatable bonds is 2. The molecule has 0 aliphatic heterocycles. The van der Waals surface area contributed by atoms with Crippen LogP contribution in [0.5, 0.6) is 11.5 Å². The number of alkyl halides is 6. The third-order valence-corrected chi connectivity index (χ3v) is 4.84. The van der Waals surface area contributed by atoms with Crippen molar-refractivity contribution in [1.29, 1.82) is 0 Å². The van der Waals surface area contributed by atoms with E-state index in [2.05, 4.69) is 4.98 Å². The SMILES string of the molecule is O=c1[nH]c2cc(C(F)(F)F)ccc2n1-c1cc(-c2cccc(C(F)(F)F)c2)c(O)cc1O. The summed E-state index contributed by atoms with van der Waals surface area (Å²) in [6.45, 7) is 0. The molecule has 0 spiro atoms. The number of fused-ring (bicyclic) bond motifs is 1. The lowest BCUT2D eigenvalue weighted by Crippen LogP contribution is -2.14. The van der Waals surface area contributed by atoms with E-state index in [1.165, 1.54) is 6.07 Å². The van der Waals surface area contributed by atoms with Crippen LogP contribution >= 0.6 is 0 Å². The molecule has 32 heavy (non-hydrogen) atoms. The molecular formula is C21H12F6N2O3. The standard InChI is InChI=1S/C21H12F6N2O3/c22-20(23,24)11-3-1-2-10(6-11)13-8-16(18(31)9-17(13)30)29-15-5-4-12(21(25,26)27)7-14(15)28-19(29)32/h1-9,30-31H,(H,28,32). The lowest BCUT2D eigenvalue weighted by Gasteiger charge is -2.13. The van der Waals surface area contributed by atoms with Crippen LogP contribution in [0, 0.1) is 0 Å². The van der Waals surface area contributed by atoms with Crippen molar-refractivity contribution in [2.45, 2.75) is 12.4 Å². The number of aromatic hydroxyl groups is 2. The summed E-state index contributed by atoms with van der Waals surface area (Å²) in [7, 11) is 0. The summed E-state index contributed by atoms with van der Waals surface area (Å²) in [4.78, 5) is 14.7. The highest BCUT2D eigenvalue weighted by Gasteiger charge is 2.32. The van der Waals surface area contributed by atoms with Crippen LogP contribution < -0.4 is 5.69 Å². The zero-order chi connectivity index (χ0) is 23.4. The average molecular weight is 454 g/mol. The fraction of sp³-hybridized carbons (Fsp3) is 0.0952. The topological polar surface area (TPSA) is 78.2 Å². The molecule has 4 aromatic rings. The molecule has 0 atom stereocenters. The van der Waals surface area contributed by atoms with Gasteiger partial charge in [0.1, 0.15) is 11.5 Å². The largest absolute Gasteiger partial charge is 0.507 e. The summed E-state index contributed by atoms with van der Waals surface area (Å²) in [6, 6.07) is 8.43. The van der Waals surface area contributed by atoms with Gasteiger partial charge in [-0.15, -0.1) is 0 Å². The number of halogens is 6. The zero-order valence-corrected chi connectivity index (χ0v) is 15.7. The number of benzene rings is 3. The van der Waals surface area contributed by atoms with E-state index in [0.29, 0.717) is 0 Å². The van der Waals surface area contributed by atoms with Gasteiger partial charge in [-0.1, -0.05) is 12.1 Å². The van der Waals surface area contributed by atoms with Crippen molar-refractivity contribution in [3.63, 3.8) is 0 Å². The lowest BCUT2D eigenvalue weighted by atomic mass is 10.0. The van der Waals surface area contributed by atoms with Gasteiger partial charge in [-0.05, 0) is 42.0 Å². The lowest BCUT2D eigenvalue weighted by molar-refractivity contribution is -0.138. The monoisotopic (exact) mass is 454 g/mol. The van der Waals surface area contributed by atoms with Crippen molar-refractivity contribution in [3.05, 3.63) is 76.2 Å². The Bertz CT molecular complexity index is 1400. The van der Waals surface area contributed by atoms with Crippen LogP contribution in [0.4, 0.5) is 26.3 Å². The second kappa shape index (κ2) is 7.08. The number of nitrogens with zero attached hydrogens (tertiary/aromatic N) is 1. The van der Waals surface area contributed by atoms with E-state index in [4.69, 9.17) is 0 Å². The highest BCUT2D eigenvalue weighted by molar-refractivity contribution is 5.81. The van der Waals surface area contributed by atoms with Crippen molar-refractivity contribution >= 4 is 11.0 Å². The summed E-state index contributed by atoms with van der Waals surface area (Å²) in [6.07, 6.45) is -9.29. The van der Waals surface area contributed by atoms with Gasteiger partial charge in [-0.2, -0.15) is 26.3 Å². The van der Waals surface area contributed by atoms with E-state index in [-0.39, 0.29) is 27.8 Å². The number of H-pyrrole nitrogens is 1. The molecule has 0 bridgehead atoms. The van der Waals surface area contributed by atoms with Crippen LogP contribution in [0.15, 0.2) is 59.4 Å². The molecular weight excluding hydrogens is 442 g/mol.